The van der Waals surface area contributed by atoms with Crippen LogP contribution in [0.4, 0.5) is 0 Å². The maximum Gasteiger partial charge on any atom is 0.240 e. The largest absolute Gasteiger partial charge is 0.381 e. The monoisotopic (exact) mass is 350 g/mol. The molecule has 1 aliphatic rings. The number of carbonyl (C=O) groups excluding carboxylic acids is 1. The van der Waals surface area contributed by atoms with Crippen molar-refractivity contribution < 1.29 is 14.1 Å². The van der Waals surface area contributed by atoms with Gasteiger partial charge in [0.15, 0.2) is 0 Å². The lowest BCUT2D eigenvalue weighted by molar-refractivity contribution is -0.129. The van der Waals surface area contributed by atoms with E-state index in [9.17, 15) is 4.79 Å². The fourth-order valence-electron chi connectivity index (χ4n) is 2.52. The van der Waals surface area contributed by atoms with Crippen molar-refractivity contribution in [2.24, 2.45) is 5.73 Å². The molecule has 2 heterocycles. The lowest BCUT2D eigenvalue weighted by atomic mass is 9.90. The predicted octanol–water partition coefficient (Wildman–Crippen LogP) is 1.56. The Morgan fingerprint density at radius 1 is 1.38 bits per heavy atom. The molecule has 128 valence electrons. The third-order valence-electron chi connectivity index (χ3n) is 4.01. The highest BCUT2D eigenvalue weighted by Gasteiger charge is 2.35. The number of carbonyl (C=O) groups is 1. The second-order valence-corrected chi connectivity index (χ2v) is 6.23. The summed E-state index contributed by atoms with van der Waals surface area (Å²) in [5, 5.41) is 7.37. The van der Waals surface area contributed by atoms with Gasteiger partial charge in [-0.1, -0.05) is 28.9 Å². The SMILES string of the molecule is NC1(C(=O)NCCc2nc(-c3cccc(Cl)c3)no2)CCOCC1. The first-order valence-electron chi connectivity index (χ1n) is 7.80. The molecular formula is C16H19ClN4O3. The Morgan fingerprint density at radius 2 is 2.17 bits per heavy atom. The van der Waals surface area contributed by atoms with Crippen molar-refractivity contribution in [2.75, 3.05) is 19.8 Å². The summed E-state index contributed by atoms with van der Waals surface area (Å²) in [6, 6.07) is 7.22. The first-order chi connectivity index (χ1) is 11.6. The van der Waals surface area contributed by atoms with E-state index in [1.165, 1.54) is 0 Å². The first kappa shape index (κ1) is 16.9. The molecule has 0 aliphatic carbocycles. The fraction of sp³-hybridized carbons (Fsp3) is 0.438. The van der Waals surface area contributed by atoms with Crippen LogP contribution in [-0.4, -0.2) is 41.3 Å². The van der Waals surface area contributed by atoms with Crippen molar-refractivity contribution in [2.45, 2.75) is 24.8 Å². The van der Waals surface area contributed by atoms with Crippen LogP contribution in [0.25, 0.3) is 11.4 Å². The molecule has 1 amide bonds. The Labute approximate surface area is 144 Å². The highest BCUT2D eigenvalue weighted by Crippen LogP contribution is 2.20. The molecule has 1 aliphatic heterocycles. The maximum absolute atomic E-state index is 12.2. The van der Waals surface area contributed by atoms with Crippen LogP contribution in [0.3, 0.4) is 0 Å². The zero-order valence-corrected chi connectivity index (χ0v) is 13.9. The van der Waals surface area contributed by atoms with Gasteiger partial charge in [0.05, 0.1) is 5.54 Å². The topological polar surface area (TPSA) is 103 Å². The number of ether oxygens (including phenoxy) is 1. The molecule has 1 aromatic carbocycles. The van der Waals surface area contributed by atoms with E-state index in [4.69, 9.17) is 26.6 Å². The summed E-state index contributed by atoms with van der Waals surface area (Å²) in [5.41, 5.74) is 6.05. The van der Waals surface area contributed by atoms with Gasteiger partial charge in [-0.05, 0) is 25.0 Å². The Bertz CT molecular complexity index is 713. The number of nitrogens with two attached hydrogens (primary N) is 1. The molecule has 1 saturated heterocycles. The van der Waals surface area contributed by atoms with Gasteiger partial charge in [0.2, 0.25) is 17.6 Å². The molecule has 0 atom stereocenters. The summed E-state index contributed by atoms with van der Waals surface area (Å²) in [7, 11) is 0. The number of amides is 1. The highest BCUT2D eigenvalue weighted by atomic mass is 35.5. The molecular weight excluding hydrogens is 332 g/mol. The quantitative estimate of drug-likeness (QED) is 0.848. The number of benzene rings is 1. The van der Waals surface area contributed by atoms with E-state index in [-0.39, 0.29) is 5.91 Å². The lowest BCUT2D eigenvalue weighted by Crippen LogP contribution is -2.57. The smallest absolute Gasteiger partial charge is 0.240 e. The van der Waals surface area contributed by atoms with E-state index in [2.05, 4.69) is 15.5 Å². The summed E-state index contributed by atoms with van der Waals surface area (Å²) < 4.78 is 10.4. The minimum Gasteiger partial charge on any atom is -0.381 e. The summed E-state index contributed by atoms with van der Waals surface area (Å²) >= 11 is 5.95. The van der Waals surface area contributed by atoms with E-state index in [0.29, 0.717) is 55.8 Å². The van der Waals surface area contributed by atoms with Gasteiger partial charge in [0, 0.05) is 36.8 Å². The van der Waals surface area contributed by atoms with Crippen LogP contribution < -0.4 is 11.1 Å². The molecule has 3 rings (SSSR count). The number of nitrogens with one attached hydrogen (secondary N) is 1. The van der Waals surface area contributed by atoms with Crippen LogP contribution in [-0.2, 0) is 16.0 Å². The van der Waals surface area contributed by atoms with Crippen molar-refractivity contribution in [3.05, 3.63) is 35.2 Å². The Kier molecular flexibility index (Phi) is 5.13. The van der Waals surface area contributed by atoms with E-state index in [1.807, 2.05) is 12.1 Å². The molecule has 0 radical (unpaired) electrons. The molecule has 24 heavy (non-hydrogen) atoms. The van der Waals surface area contributed by atoms with Crippen LogP contribution in [0.1, 0.15) is 18.7 Å². The normalized spacial score (nSPS) is 16.8. The summed E-state index contributed by atoms with van der Waals surface area (Å²) in [6.45, 7) is 1.41. The molecule has 7 nitrogen and oxygen atoms in total. The lowest BCUT2D eigenvalue weighted by Gasteiger charge is -2.31. The molecule has 0 saturated carbocycles. The molecule has 1 aromatic heterocycles. The molecule has 8 heteroatoms. The minimum atomic E-state index is -0.848. The summed E-state index contributed by atoms with van der Waals surface area (Å²) in [4.78, 5) is 16.5. The third-order valence-corrected chi connectivity index (χ3v) is 4.25. The van der Waals surface area contributed by atoms with Gasteiger partial charge in [-0.25, -0.2) is 0 Å². The van der Waals surface area contributed by atoms with Crippen LogP contribution in [0.15, 0.2) is 28.8 Å². The average Bonchev–Trinajstić information content (AvgIpc) is 3.04. The maximum atomic E-state index is 12.2. The number of rotatable bonds is 5. The van der Waals surface area contributed by atoms with Crippen LogP contribution in [0.5, 0.6) is 0 Å². The van der Waals surface area contributed by atoms with E-state index < -0.39 is 5.54 Å². The Hall–Kier alpha value is -1.96. The molecule has 0 bridgehead atoms. The van der Waals surface area contributed by atoms with Gasteiger partial charge in [-0.3, -0.25) is 4.79 Å². The molecule has 1 fully saturated rings. The third kappa shape index (κ3) is 3.92. The van der Waals surface area contributed by atoms with Gasteiger partial charge in [0.1, 0.15) is 0 Å². The van der Waals surface area contributed by atoms with Crippen LogP contribution >= 0.6 is 11.6 Å². The number of halogens is 1. The molecule has 3 N–H and O–H groups in total. The van der Waals surface area contributed by atoms with Crippen LogP contribution in [0.2, 0.25) is 5.02 Å². The van der Waals surface area contributed by atoms with E-state index >= 15 is 0 Å². The summed E-state index contributed by atoms with van der Waals surface area (Å²) in [6.07, 6.45) is 1.49. The number of hydrogen-bond acceptors (Lipinski definition) is 6. The standard InChI is InChI=1S/C16H19ClN4O3/c17-12-3-1-2-11(10-12)14-20-13(24-21-14)4-7-19-15(22)16(18)5-8-23-9-6-16/h1-3,10H,4-9,18H2,(H,19,22). The zero-order valence-electron chi connectivity index (χ0n) is 13.1. The average molecular weight is 351 g/mol. The van der Waals surface area contributed by atoms with E-state index in [1.54, 1.807) is 12.1 Å². The number of nitrogens with zero attached hydrogens (tertiary/aromatic N) is 2. The van der Waals surface area contributed by atoms with Crippen LogP contribution in [0, 0.1) is 0 Å². The second kappa shape index (κ2) is 7.29. The zero-order chi connectivity index (χ0) is 17.0. The van der Waals surface area contributed by atoms with Crippen molar-refractivity contribution in [1.82, 2.24) is 15.5 Å². The molecule has 0 unspecified atom stereocenters. The number of aromatic nitrogens is 2. The first-order valence-corrected chi connectivity index (χ1v) is 8.18. The fourth-order valence-corrected chi connectivity index (χ4v) is 2.71. The van der Waals surface area contributed by atoms with Gasteiger partial charge in [-0.15, -0.1) is 0 Å². The van der Waals surface area contributed by atoms with Crippen molar-refractivity contribution >= 4 is 17.5 Å². The Morgan fingerprint density at radius 3 is 2.92 bits per heavy atom. The number of hydrogen-bond donors (Lipinski definition) is 2. The van der Waals surface area contributed by atoms with Gasteiger partial charge >= 0.3 is 0 Å². The van der Waals surface area contributed by atoms with Gasteiger partial charge in [-0.2, -0.15) is 4.98 Å². The van der Waals surface area contributed by atoms with E-state index in [0.717, 1.165) is 5.56 Å². The molecule has 2 aromatic rings. The summed E-state index contributed by atoms with van der Waals surface area (Å²) in [5.74, 6) is 0.752. The minimum absolute atomic E-state index is 0.166. The van der Waals surface area contributed by atoms with Gasteiger partial charge < -0.3 is 20.3 Å². The van der Waals surface area contributed by atoms with Gasteiger partial charge in [0.25, 0.3) is 0 Å². The Balaban J connectivity index is 1.53. The predicted molar refractivity (Wildman–Crippen MR) is 88.4 cm³/mol. The second-order valence-electron chi connectivity index (χ2n) is 5.80. The van der Waals surface area contributed by atoms with Crippen molar-refractivity contribution in [3.63, 3.8) is 0 Å². The highest BCUT2D eigenvalue weighted by molar-refractivity contribution is 6.30. The van der Waals surface area contributed by atoms with Crippen molar-refractivity contribution in [3.8, 4) is 11.4 Å². The van der Waals surface area contributed by atoms with Crippen molar-refractivity contribution in [1.29, 1.82) is 0 Å². The molecule has 0 spiro atoms.